The van der Waals surface area contributed by atoms with Gasteiger partial charge in [0.05, 0.1) is 0 Å². The molecule has 0 amide bonds. The summed E-state index contributed by atoms with van der Waals surface area (Å²) in [5, 5.41) is 0. The first-order valence-corrected chi connectivity index (χ1v) is 11.0. The van der Waals surface area contributed by atoms with Crippen LogP contribution in [0.25, 0.3) is 0 Å². The molecule has 2 atom stereocenters. The van der Waals surface area contributed by atoms with Crippen LogP contribution in [0.3, 0.4) is 0 Å². The largest absolute Gasteiger partial charge is 0.465 e. The molecule has 0 N–H and O–H groups in total. The molecule has 1 fully saturated rings. The first kappa shape index (κ1) is 22.3. The van der Waals surface area contributed by atoms with E-state index in [0.717, 1.165) is 5.75 Å². The minimum Gasteiger partial charge on any atom is -0.465 e. The highest BCUT2D eigenvalue weighted by molar-refractivity contribution is 5.30. The maximum atomic E-state index is 6.29. The topological polar surface area (TPSA) is 18.5 Å². The van der Waals surface area contributed by atoms with Crippen molar-refractivity contribution >= 4 is 0 Å². The Balaban J connectivity index is 2.11. The van der Waals surface area contributed by atoms with Gasteiger partial charge in [-0.25, -0.2) is 0 Å². The molecule has 0 spiro atoms. The molecule has 2 nitrogen and oxygen atoms in total. The highest BCUT2D eigenvalue weighted by atomic mass is 16.7. The van der Waals surface area contributed by atoms with E-state index in [1.165, 1.54) is 44.1 Å². The predicted molar refractivity (Wildman–Crippen MR) is 115 cm³/mol. The van der Waals surface area contributed by atoms with Crippen LogP contribution in [0.5, 0.6) is 5.75 Å². The molecule has 2 heteroatoms. The smallest absolute Gasteiger partial charge is 0.202 e. The SMILES string of the molecule is CCOC(Oc1ccc(C(CC(C)(C)C)C(C)(C)C)cc1)C1CCCCC1. The molecule has 0 aromatic heterocycles. The lowest BCUT2D eigenvalue weighted by atomic mass is 9.69. The summed E-state index contributed by atoms with van der Waals surface area (Å²) in [6.45, 7) is 16.8. The number of rotatable bonds is 7. The summed E-state index contributed by atoms with van der Waals surface area (Å²) < 4.78 is 12.3. The molecule has 154 valence electrons. The minimum atomic E-state index is -0.103. The fourth-order valence-electron chi connectivity index (χ4n) is 4.29. The average Bonchev–Trinajstić information content (AvgIpc) is 2.59. The lowest BCUT2D eigenvalue weighted by molar-refractivity contribution is -0.119. The summed E-state index contributed by atoms with van der Waals surface area (Å²) >= 11 is 0. The Kier molecular flexibility index (Phi) is 7.80. The van der Waals surface area contributed by atoms with Crippen LogP contribution in [0.2, 0.25) is 0 Å². The first-order chi connectivity index (χ1) is 12.6. The van der Waals surface area contributed by atoms with Gasteiger partial charge in [0.1, 0.15) is 5.75 Å². The molecule has 1 aromatic rings. The monoisotopic (exact) mass is 374 g/mol. The van der Waals surface area contributed by atoms with Gasteiger partial charge in [0.15, 0.2) is 0 Å². The zero-order valence-corrected chi connectivity index (χ0v) is 18.8. The van der Waals surface area contributed by atoms with E-state index in [1.54, 1.807) is 0 Å². The van der Waals surface area contributed by atoms with E-state index in [1.807, 2.05) is 0 Å². The molecule has 0 bridgehead atoms. The van der Waals surface area contributed by atoms with Gasteiger partial charge in [-0.2, -0.15) is 0 Å². The summed E-state index contributed by atoms with van der Waals surface area (Å²) in [7, 11) is 0. The maximum Gasteiger partial charge on any atom is 0.202 e. The van der Waals surface area contributed by atoms with E-state index in [-0.39, 0.29) is 11.7 Å². The second kappa shape index (κ2) is 9.45. The summed E-state index contributed by atoms with van der Waals surface area (Å²) in [6, 6.07) is 8.82. The van der Waals surface area contributed by atoms with Crippen molar-refractivity contribution in [3.05, 3.63) is 29.8 Å². The van der Waals surface area contributed by atoms with Crippen LogP contribution in [0.15, 0.2) is 24.3 Å². The average molecular weight is 375 g/mol. The van der Waals surface area contributed by atoms with Crippen molar-refractivity contribution in [3.8, 4) is 5.75 Å². The molecule has 0 radical (unpaired) electrons. The van der Waals surface area contributed by atoms with Crippen LogP contribution in [-0.2, 0) is 4.74 Å². The van der Waals surface area contributed by atoms with Gasteiger partial charge < -0.3 is 9.47 Å². The molecule has 1 aliphatic rings. The fraction of sp³-hybridized carbons (Fsp3) is 0.760. The molecule has 0 heterocycles. The van der Waals surface area contributed by atoms with E-state index in [9.17, 15) is 0 Å². The Bertz CT molecular complexity index is 541. The van der Waals surface area contributed by atoms with Gasteiger partial charge in [0, 0.05) is 12.5 Å². The van der Waals surface area contributed by atoms with Crippen molar-refractivity contribution in [2.24, 2.45) is 16.7 Å². The van der Waals surface area contributed by atoms with Crippen LogP contribution in [0, 0.1) is 16.7 Å². The minimum absolute atomic E-state index is 0.103. The van der Waals surface area contributed by atoms with E-state index < -0.39 is 0 Å². The van der Waals surface area contributed by atoms with Crippen LogP contribution < -0.4 is 4.74 Å². The van der Waals surface area contributed by atoms with Crippen molar-refractivity contribution in [1.82, 2.24) is 0 Å². The van der Waals surface area contributed by atoms with E-state index >= 15 is 0 Å². The standard InChI is InChI=1S/C25H42O2/c1-8-26-23(20-12-10-9-11-13-20)27-21-16-14-19(15-17-21)22(25(5,6)7)18-24(2,3)4/h14-17,20,22-23H,8-13,18H2,1-7H3. The van der Waals surface area contributed by atoms with Gasteiger partial charge in [0.2, 0.25) is 6.29 Å². The van der Waals surface area contributed by atoms with Gasteiger partial charge in [-0.1, -0.05) is 72.9 Å². The summed E-state index contributed by atoms with van der Waals surface area (Å²) in [5.41, 5.74) is 1.97. The normalized spacial score (nSPS) is 18.9. The fourth-order valence-corrected chi connectivity index (χ4v) is 4.29. The van der Waals surface area contributed by atoms with Crippen molar-refractivity contribution in [2.75, 3.05) is 6.61 Å². The van der Waals surface area contributed by atoms with Gasteiger partial charge in [0.25, 0.3) is 0 Å². The van der Waals surface area contributed by atoms with Gasteiger partial charge in [-0.15, -0.1) is 0 Å². The molecule has 0 saturated heterocycles. The molecule has 1 saturated carbocycles. The van der Waals surface area contributed by atoms with Crippen LogP contribution >= 0.6 is 0 Å². The predicted octanol–water partition coefficient (Wildman–Crippen LogP) is 7.57. The van der Waals surface area contributed by atoms with Crippen LogP contribution in [-0.4, -0.2) is 12.9 Å². The van der Waals surface area contributed by atoms with Crippen molar-refractivity contribution in [2.45, 2.75) is 99.2 Å². The number of hydrogen-bond acceptors (Lipinski definition) is 2. The third-order valence-corrected chi connectivity index (χ3v) is 5.76. The highest BCUT2D eigenvalue weighted by Gasteiger charge is 2.30. The first-order valence-electron chi connectivity index (χ1n) is 11.0. The van der Waals surface area contributed by atoms with Crippen LogP contribution in [0.4, 0.5) is 0 Å². The van der Waals surface area contributed by atoms with Crippen molar-refractivity contribution < 1.29 is 9.47 Å². The zero-order chi connectivity index (χ0) is 20.1. The molecule has 27 heavy (non-hydrogen) atoms. The molecule has 0 aliphatic heterocycles. The van der Waals surface area contributed by atoms with E-state index in [0.29, 0.717) is 23.9 Å². The molecular weight excluding hydrogens is 332 g/mol. The Morgan fingerprint density at radius 3 is 2.00 bits per heavy atom. The van der Waals surface area contributed by atoms with Crippen LogP contribution in [0.1, 0.15) is 98.5 Å². The lowest BCUT2D eigenvalue weighted by Gasteiger charge is -2.36. The Hall–Kier alpha value is -1.02. The molecule has 1 aliphatic carbocycles. The second-order valence-electron chi connectivity index (χ2n) is 10.6. The van der Waals surface area contributed by atoms with E-state index in [4.69, 9.17) is 9.47 Å². The summed E-state index contributed by atoms with van der Waals surface area (Å²) in [4.78, 5) is 0. The van der Waals surface area contributed by atoms with Gasteiger partial charge in [-0.05, 0) is 60.6 Å². The van der Waals surface area contributed by atoms with Gasteiger partial charge in [-0.3, -0.25) is 0 Å². The molecule has 1 aromatic carbocycles. The maximum absolute atomic E-state index is 6.29. The lowest BCUT2D eigenvalue weighted by Crippen LogP contribution is -2.31. The van der Waals surface area contributed by atoms with E-state index in [2.05, 4.69) is 72.7 Å². The number of hydrogen-bond donors (Lipinski definition) is 0. The summed E-state index contributed by atoms with van der Waals surface area (Å²) in [5.74, 6) is 2.00. The molecule has 2 rings (SSSR count). The zero-order valence-electron chi connectivity index (χ0n) is 18.8. The third-order valence-electron chi connectivity index (χ3n) is 5.76. The van der Waals surface area contributed by atoms with Crippen molar-refractivity contribution in [1.29, 1.82) is 0 Å². The Morgan fingerprint density at radius 2 is 1.52 bits per heavy atom. The Morgan fingerprint density at radius 1 is 0.926 bits per heavy atom. The Labute approximate surface area is 168 Å². The molecular formula is C25H42O2. The quantitative estimate of drug-likeness (QED) is 0.458. The third kappa shape index (κ3) is 7.14. The number of benzene rings is 1. The number of ether oxygens (including phenoxy) is 2. The highest BCUT2D eigenvalue weighted by Crippen LogP contribution is 2.43. The summed E-state index contributed by atoms with van der Waals surface area (Å²) in [6.07, 6.45) is 7.48. The molecule has 2 unspecified atom stereocenters. The van der Waals surface area contributed by atoms with Crippen molar-refractivity contribution in [3.63, 3.8) is 0 Å². The van der Waals surface area contributed by atoms with Gasteiger partial charge >= 0.3 is 0 Å². The second-order valence-corrected chi connectivity index (χ2v) is 10.6.